The molecule has 4 nitrogen and oxygen atoms in total. The van der Waals surface area contributed by atoms with Gasteiger partial charge in [-0.1, -0.05) is 30.3 Å². The summed E-state index contributed by atoms with van der Waals surface area (Å²) in [6, 6.07) is 18.3. The molecule has 0 aliphatic heterocycles. The highest BCUT2D eigenvalue weighted by molar-refractivity contribution is 5.82. The molecule has 0 bridgehead atoms. The zero-order valence-corrected chi connectivity index (χ0v) is 13.4. The van der Waals surface area contributed by atoms with Crippen molar-refractivity contribution in [2.45, 2.75) is 20.0 Å². The van der Waals surface area contributed by atoms with Crippen LogP contribution in [-0.4, -0.2) is 23.9 Å². The van der Waals surface area contributed by atoms with Crippen molar-refractivity contribution in [2.75, 3.05) is 13.1 Å². The normalized spacial score (nSPS) is 11.3. The monoisotopic (exact) mass is 308 g/mol. The zero-order valence-electron chi connectivity index (χ0n) is 13.4. The number of hydrogen-bond acceptors (Lipinski definition) is 3. The maximum atomic E-state index is 12.8. The van der Waals surface area contributed by atoms with E-state index in [0.717, 1.165) is 5.56 Å². The number of carbonyl (C=O) groups excluding carboxylic acids is 1. The second kappa shape index (κ2) is 8.00. The Morgan fingerprint density at radius 3 is 2.22 bits per heavy atom. The smallest absolute Gasteiger partial charge is 0.268 e. The van der Waals surface area contributed by atoms with Crippen molar-refractivity contribution < 1.29 is 9.53 Å². The molecule has 0 N–H and O–H groups in total. The summed E-state index contributed by atoms with van der Waals surface area (Å²) in [6.45, 7) is 5.17. The Hall–Kier alpha value is -2.80. The van der Waals surface area contributed by atoms with E-state index < -0.39 is 6.10 Å². The van der Waals surface area contributed by atoms with Gasteiger partial charge in [-0.15, -0.1) is 0 Å². The van der Waals surface area contributed by atoms with E-state index in [1.807, 2.05) is 44.2 Å². The molecule has 0 fully saturated rings. The van der Waals surface area contributed by atoms with Gasteiger partial charge in [0.05, 0.1) is 11.6 Å². The van der Waals surface area contributed by atoms with Gasteiger partial charge in [0.2, 0.25) is 6.10 Å². The molecule has 0 spiro atoms. The molecule has 1 amide bonds. The topological polar surface area (TPSA) is 53.3 Å². The van der Waals surface area contributed by atoms with Crippen molar-refractivity contribution in [2.24, 2.45) is 0 Å². The predicted octanol–water partition coefficient (Wildman–Crippen LogP) is 3.55. The van der Waals surface area contributed by atoms with Crippen LogP contribution in [0.1, 0.15) is 31.1 Å². The lowest BCUT2D eigenvalue weighted by Crippen LogP contribution is -2.37. The molecule has 2 rings (SSSR count). The minimum atomic E-state index is -0.691. The van der Waals surface area contributed by atoms with Crippen LogP contribution in [0.5, 0.6) is 5.75 Å². The molecule has 0 aliphatic carbocycles. The van der Waals surface area contributed by atoms with E-state index >= 15 is 0 Å². The maximum Gasteiger partial charge on any atom is 0.268 e. The van der Waals surface area contributed by atoms with Gasteiger partial charge in [0.25, 0.3) is 5.91 Å². The average Bonchev–Trinajstić information content (AvgIpc) is 2.62. The standard InChI is InChI=1S/C19H20N2O2/c1-3-21(4-2)19(22)18(16-8-6-5-7-9-16)23-17-12-10-15(14-20)11-13-17/h5-13,18H,3-4H2,1-2H3/t18-/m1/s1. The number of nitriles is 1. The average molecular weight is 308 g/mol. The van der Waals surface area contributed by atoms with Crippen LogP contribution in [0, 0.1) is 11.3 Å². The summed E-state index contributed by atoms with van der Waals surface area (Å²) in [6.07, 6.45) is -0.691. The van der Waals surface area contributed by atoms with Gasteiger partial charge in [-0.25, -0.2) is 0 Å². The first kappa shape index (κ1) is 16.6. The van der Waals surface area contributed by atoms with Crippen molar-refractivity contribution in [1.29, 1.82) is 5.26 Å². The Morgan fingerprint density at radius 2 is 1.70 bits per heavy atom. The lowest BCUT2D eigenvalue weighted by atomic mass is 10.1. The molecule has 0 aromatic heterocycles. The molecule has 0 saturated carbocycles. The van der Waals surface area contributed by atoms with Crippen molar-refractivity contribution in [3.05, 3.63) is 65.7 Å². The zero-order chi connectivity index (χ0) is 16.7. The van der Waals surface area contributed by atoms with Gasteiger partial charge < -0.3 is 9.64 Å². The summed E-state index contributed by atoms with van der Waals surface area (Å²) in [5.41, 5.74) is 1.37. The number of benzene rings is 2. The molecule has 2 aromatic carbocycles. The lowest BCUT2D eigenvalue weighted by molar-refractivity contribution is -0.138. The third kappa shape index (κ3) is 4.10. The van der Waals surface area contributed by atoms with Crippen molar-refractivity contribution in [3.63, 3.8) is 0 Å². The van der Waals surface area contributed by atoms with Gasteiger partial charge in [0.15, 0.2) is 0 Å². The van der Waals surface area contributed by atoms with E-state index in [1.54, 1.807) is 29.2 Å². The summed E-state index contributed by atoms with van der Waals surface area (Å²) in [5, 5.41) is 8.86. The highest BCUT2D eigenvalue weighted by Gasteiger charge is 2.26. The number of likely N-dealkylation sites (N-methyl/N-ethyl adjacent to an activating group) is 1. The summed E-state index contributed by atoms with van der Waals surface area (Å²) < 4.78 is 5.95. The van der Waals surface area contributed by atoms with E-state index in [2.05, 4.69) is 6.07 Å². The van der Waals surface area contributed by atoms with Crippen LogP contribution < -0.4 is 4.74 Å². The summed E-state index contributed by atoms with van der Waals surface area (Å²) >= 11 is 0. The molecule has 0 aliphatic rings. The molecule has 4 heteroatoms. The molecule has 2 aromatic rings. The Bertz CT molecular complexity index is 671. The minimum absolute atomic E-state index is 0.0643. The van der Waals surface area contributed by atoms with Gasteiger partial charge >= 0.3 is 0 Å². The Morgan fingerprint density at radius 1 is 1.09 bits per heavy atom. The Balaban J connectivity index is 2.29. The summed E-state index contributed by atoms with van der Waals surface area (Å²) in [4.78, 5) is 14.5. The first-order valence-corrected chi connectivity index (χ1v) is 7.70. The van der Waals surface area contributed by atoms with E-state index in [-0.39, 0.29) is 5.91 Å². The molecular weight excluding hydrogens is 288 g/mol. The van der Waals surface area contributed by atoms with E-state index in [4.69, 9.17) is 10.00 Å². The maximum absolute atomic E-state index is 12.8. The second-order valence-corrected chi connectivity index (χ2v) is 5.06. The van der Waals surface area contributed by atoms with Gasteiger partial charge in [-0.3, -0.25) is 4.79 Å². The number of carbonyl (C=O) groups is 1. The largest absolute Gasteiger partial charge is 0.476 e. The van der Waals surface area contributed by atoms with Crippen LogP contribution in [0.2, 0.25) is 0 Å². The molecule has 118 valence electrons. The summed E-state index contributed by atoms with van der Waals surface area (Å²) in [5.74, 6) is 0.504. The highest BCUT2D eigenvalue weighted by Crippen LogP contribution is 2.24. The van der Waals surface area contributed by atoms with Crippen LogP contribution >= 0.6 is 0 Å². The van der Waals surface area contributed by atoms with Gasteiger partial charge in [0.1, 0.15) is 5.75 Å². The van der Waals surface area contributed by atoms with E-state index in [1.165, 1.54) is 0 Å². The Labute approximate surface area is 136 Å². The van der Waals surface area contributed by atoms with Crippen LogP contribution in [0.25, 0.3) is 0 Å². The number of nitrogens with zero attached hydrogens (tertiary/aromatic N) is 2. The van der Waals surface area contributed by atoms with Gasteiger partial charge in [0, 0.05) is 18.7 Å². The SMILES string of the molecule is CCN(CC)C(=O)[C@H](Oc1ccc(C#N)cc1)c1ccccc1. The Kier molecular flexibility index (Phi) is 5.76. The van der Waals surface area contributed by atoms with E-state index in [0.29, 0.717) is 24.4 Å². The molecular formula is C19H20N2O2. The number of hydrogen-bond donors (Lipinski definition) is 0. The highest BCUT2D eigenvalue weighted by atomic mass is 16.5. The van der Waals surface area contributed by atoms with Crippen LogP contribution in [0.4, 0.5) is 0 Å². The van der Waals surface area contributed by atoms with Crippen LogP contribution in [0.3, 0.4) is 0 Å². The predicted molar refractivity (Wildman–Crippen MR) is 88.9 cm³/mol. The van der Waals surface area contributed by atoms with Crippen molar-refractivity contribution in [3.8, 4) is 11.8 Å². The number of amides is 1. The fourth-order valence-electron chi connectivity index (χ4n) is 2.33. The van der Waals surface area contributed by atoms with E-state index in [9.17, 15) is 4.79 Å². The quantitative estimate of drug-likeness (QED) is 0.820. The lowest BCUT2D eigenvalue weighted by Gasteiger charge is -2.26. The fraction of sp³-hybridized carbons (Fsp3) is 0.263. The van der Waals surface area contributed by atoms with Crippen molar-refractivity contribution in [1.82, 2.24) is 4.90 Å². The first-order valence-electron chi connectivity index (χ1n) is 7.70. The molecule has 0 saturated heterocycles. The third-order valence-electron chi connectivity index (χ3n) is 3.64. The molecule has 0 heterocycles. The number of rotatable bonds is 6. The van der Waals surface area contributed by atoms with Crippen LogP contribution in [0.15, 0.2) is 54.6 Å². The minimum Gasteiger partial charge on any atom is -0.476 e. The molecule has 0 radical (unpaired) electrons. The van der Waals surface area contributed by atoms with Gasteiger partial charge in [-0.05, 0) is 38.1 Å². The van der Waals surface area contributed by atoms with Gasteiger partial charge in [-0.2, -0.15) is 5.26 Å². The molecule has 1 atom stereocenters. The van der Waals surface area contributed by atoms with Crippen molar-refractivity contribution >= 4 is 5.91 Å². The number of ether oxygens (including phenoxy) is 1. The van der Waals surface area contributed by atoms with Crippen LogP contribution in [-0.2, 0) is 4.79 Å². The summed E-state index contributed by atoms with van der Waals surface area (Å²) in [7, 11) is 0. The molecule has 23 heavy (non-hydrogen) atoms. The third-order valence-corrected chi connectivity index (χ3v) is 3.64. The molecule has 0 unspecified atom stereocenters. The fourth-order valence-corrected chi connectivity index (χ4v) is 2.33. The second-order valence-electron chi connectivity index (χ2n) is 5.06. The first-order chi connectivity index (χ1) is 11.2.